The molecule has 0 amide bonds. The van der Waals surface area contributed by atoms with Crippen LogP contribution >= 0.6 is 11.6 Å². The minimum atomic E-state index is 0.586. The van der Waals surface area contributed by atoms with Gasteiger partial charge in [0.2, 0.25) is 0 Å². The number of hydrogen-bond donors (Lipinski definition) is 1. The van der Waals surface area contributed by atoms with Crippen LogP contribution in [0.3, 0.4) is 0 Å². The van der Waals surface area contributed by atoms with E-state index in [0.29, 0.717) is 11.1 Å². The molecule has 0 bridgehead atoms. The highest BCUT2D eigenvalue weighted by Crippen LogP contribution is 2.39. The number of halogens is 1. The number of aromatic nitrogens is 2. The van der Waals surface area contributed by atoms with Crippen LogP contribution in [0.5, 0.6) is 0 Å². The van der Waals surface area contributed by atoms with Gasteiger partial charge in [0.1, 0.15) is 11.0 Å². The number of rotatable bonds is 1. The van der Waals surface area contributed by atoms with E-state index in [2.05, 4.69) is 15.3 Å². The van der Waals surface area contributed by atoms with Gasteiger partial charge in [0, 0.05) is 24.6 Å². The average molecular weight is 196 g/mol. The molecule has 3 rings (SSSR count). The SMILES string of the molecule is Clc1nc(C2CC2)nc2c1CNC2. The van der Waals surface area contributed by atoms with E-state index in [1.54, 1.807) is 0 Å². The van der Waals surface area contributed by atoms with Crippen LogP contribution in [-0.4, -0.2) is 9.97 Å². The molecule has 1 fully saturated rings. The highest BCUT2D eigenvalue weighted by molar-refractivity contribution is 6.30. The summed E-state index contributed by atoms with van der Waals surface area (Å²) >= 11 is 6.06. The molecular weight excluding hydrogens is 186 g/mol. The van der Waals surface area contributed by atoms with Gasteiger partial charge in [-0.25, -0.2) is 9.97 Å². The van der Waals surface area contributed by atoms with Crippen LogP contribution in [0.15, 0.2) is 0 Å². The van der Waals surface area contributed by atoms with Crippen molar-refractivity contribution in [1.82, 2.24) is 15.3 Å². The summed E-state index contributed by atoms with van der Waals surface area (Å²) in [5, 5.41) is 3.88. The van der Waals surface area contributed by atoms with Gasteiger partial charge in [-0.2, -0.15) is 0 Å². The van der Waals surface area contributed by atoms with Crippen molar-refractivity contribution in [2.75, 3.05) is 0 Å². The van der Waals surface area contributed by atoms with E-state index < -0.39 is 0 Å². The first-order valence-corrected chi connectivity index (χ1v) is 4.98. The molecule has 3 nitrogen and oxygen atoms in total. The van der Waals surface area contributed by atoms with Crippen LogP contribution in [0.25, 0.3) is 0 Å². The van der Waals surface area contributed by atoms with Crippen molar-refractivity contribution in [3.8, 4) is 0 Å². The van der Waals surface area contributed by atoms with Crippen molar-refractivity contribution < 1.29 is 0 Å². The number of fused-ring (bicyclic) bond motifs is 1. The van der Waals surface area contributed by atoms with Crippen LogP contribution in [0.4, 0.5) is 0 Å². The molecule has 1 saturated carbocycles. The molecule has 4 heteroatoms. The standard InChI is InChI=1S/C9H10ClN3/c10-8-6-3-11-4-7(6)12-9(13-8)5-1-2-5/h5,11H,1-4H2. The quantitative estimate of drug-likeness (QED) is 0.692. The van der Waals surface area contributed by atoms with E-state index in [9.17, 15) is 0 Å². The Morgan fingerprint density at radius 3 is 2.85 bits per heavy atom. The maximum absolute atomic E-state index is 6.06. The Hall–Kier alpha value is -0.670. The second kappa shape index (κ2) is 2.66. The topological polar surface area (TPSA) is 37.8 Å². The van der Waals surface area contributed by atoms with Crippen LogP contribution in [0.1, 0.15) is 35.8 Å². The highest BCUT2D eigenvalue weighted by Gasteiger charge is 2.29. The third kappa shape index (κ3) is 1.23. The van der Waals surface area contributed by atoms with Crippen LogP contribution in [0, 0.1) is 0 Å². The lowest BCUT2D eigenvalue weighted by Gasteiger charge is -2.02. The molecule has 0 aromatic carbocycles. The Morgan fingerprint density at radius 1 is 1.23 bits per heavy atom. The summed E-state index contributed by atoms with van der Waals surface area (Å²) in [5.41, 5.74) is 2.19. The molecular formula is C9H10ClN3. The van der Waals surface area contributed by atoms with E-state index >= 15 is 0 Å². The fourth-order valence-electron chi connectivity index (χ4n) is 1.67. The molecule has 0 radical (unpaired) electrons. The van der Waals surface area contributed by atoms with Gasteiger partial charge in [-0.05, 0) is 12.8 Å². The third-order valence-electron chi connectivity index (χ3n) is 2.60. The summed E-state index contributed by atoms with van der Waals surface area (Å²) < 4.78 is 0. The maximum Gasteiger partial charge on any atom is 0.137 e. The van der Waals surface area contributed by atoms with Gasteiger partial charge in [0.15, 0.2) is 0 Å². The molecule has 1 aliphatic heterocycles. The second-order valence-electron chi connectivity index (χ2n) is 3.68. The van der Waals surface area contributed by atoms with E-state index in [4.69, 9.17) is 11.6 Å². The Kier molecular flexibility index (Phi) is 1.58. The van der Waals surface area contributed by atoms with Crippen molar-refractivity contribution in [2.45, 2.75) is 31.8 Å². The van der Waals surface area contributed by atoms with Gasteiger partial charge in [-0.3, -0.25) is 0 Å². The number of hydrogen-bond acceptors (Lipinski definition) is 3. The minimum Gasteiger partial charge on any atom is -0.307 e. The zero-order chi connectivity index (χ0) is 8.84. The first kappa shape index (κ1) is 7.71. The Bertz CT molecular complexity index is 360. The Labute approximate surface area is 81.5 Å². The second-order valence-corrected chi connectivity index (χ2v) is 4.03. The fourth-order valence-corrected chi connectivity index (χ4v) is 1.93. The van der Waals surface area contributed by atoms with Crippen LogP contribution in [0.2, 0.25) is 5.15 Å². The average Bonchev–Trinajstić information content (AvgIpc) is 2.85. The summed E-state index contributed by atoms with van der Waals surface area (Å²) in [6.07, 6.45) is 2.45. The lowest BCUT2D eigenvalue weighted by Crippen LogP contribution is -2.01. The predicted octanol–water partition coefficient (Wildman–Crippen LogP) is 1.61. The number of nitrogens with zero attached hydrogens (tertiary/aromatic N) is 2. The minimum absolute atomic E-state index is 0.586. The summed E-state index contributed by atoms with van der Waals surface area (Å²) in [5.74, 6) is 1.54. The lowest BCUT2D eigenvalue weighted by molar-refractivity contribution is 0.755. The van der Waals surface area contributed by atoms with Gasteiger partial charge >= 0.3 is 0 Å². The summed E-state index contributed by atoms with van der Waals surface area (Å²) in [4.78, 5) is 8.84. The van der Waals surface area contributed by atoms with E-state index in [-0.39, 0.29) is 0 Å². The van der Waals surface area contributed by atoms with E-state index in [1.807, 2.05) is 0 Å². The molecule has 1 N–H and O–H groups in total. The van der Waals surface area contributed by atoms with E-state index in [1.165, 1.54) is 12.8 Å². The van der Waals surface area contributed by atoms with Gasteiger partial charge in [0.05, 0.1) is 5.69 Å². The monoisotopic (exact) mass is 195 g/mol. The molecule has 0 atom stereocenters. The van der Waals surface area contributed by atoms with Crippen molar-refractivity contribution in [1.29, 1.82) is 0 Å². The molecule has 1 aromatic rings. The van der Waals surface area contributed by atoms with Crippen molar-refractivity contribution >= 4 is 11.6 Å². The normalized spacial score (nSPS) is 20.4. The molecule has 0 spiro atoms. The zero-order valence-electron chi connectivity index (χ0n) is 7.18. The molecule has 0 unspecified atom stereocenters. The largest absolute Gasteiger partial charge is 0.307 e. The van der Waals surface area contributed by atoms with Crippen molar-refractivity contribution in [2.24, 2.45) is 0 Å². The first-order valence-electron chi connectivity index (χ1n) is 4.60. The molecule has 13 heavy (non-hydrogen) atoms. The molecule has 1 aromatic heterocycles. The summed E-state index contributed by atoms with van der Waals surface area (Å²) in [6, 6.07) is 0. The first-order chi connectivity index (χ1) is 6.34. The molecule has 68 valence electrons. The van der Waals surface area contributed by atoms with E-state index in [0.717, 1.165) is 30.2 Å². The maximum atomic E-state index is 6.06. The van der Waals surface area contributed by atoms with Gasteiger partial charge in [0.25, 0.3) is 0 Å². The fraction of sp³-hybridized carbons (Fsp3) is 0.556. The Balaban J connectivity index is 2.10. The van der Waals surface area contributed by atoms with Crippen molar-refractivity contribution in [3.05, 3.63) is 22.2 Å². The summed E-state index contributed by atoms with van der Waals surface area (Å²) in [7, 11) is 0. The molecule has 2 aliphatic rings. The van der Waals surface area contributed by atoms with Gasteiger partial charge in [-0.15, -0.1) is 0 Å². The molecule has 2 heterocycles. The van der Waals surface area contributed by atoms with Crippen LogP contribution < -0.4 is 5.32 Å². The smallest absolute Gasteiger partial charge is 0.137 e. The molecule has 0 saturated heterocycles. The van der Waals surface area contributed by atoms with Crippen molar-refractivity contribution in [3.63, 3.8) is 0 Å². The number of nitrogens with one attached hydrogen (secondary N) is 1. The predicted molar refractivity (Wildman–Crippen MR) is 49.6 cm³/mol. The lowest BCUT2D eigenvalue weighted by atomic mass is 10.2. The third-order valence-corrected chi connectivity index (χ3v) is 2.91. The Morgan fingerprint density at radius 2 is 2.08 bits per heavy atom. The summed E-state index contributed by atoms with van der Waals surface area (Å²) in [6.45, 7) is 1.66. The molecule has 1 aliphatic carbocycles. The van der Waals surface area contributed by atoms with Gasteiger partial charge in [-0.1, -0.05) is 11.6 Å². The highest BCUT2D eigenvalue weighted by atomic mass is 35.5. The zero-order valence-corrected chi connectivity index (χ0v) is 7.93. The van der Waals surface area contributed by atoms with Crippen LogP contribution in [-0.2, 0) is 13.1 Å². The van der Waals surface area contributed by atoms with Gasteiger partial charge < -0.3 is 5.32 Å².